The van der Waals surface area contributed by atoms with Crippen LogP contribution in [-0.4, -0.2) is 27.3 Å². The molecule has 2 aromatic carbocycles. The number of pyridine rings is 1. The van der Waals surface area contributed by atoms with Gasteiger partial charge in [0.2, 0.25) is 0 Å². The second-order valence-corrected chi connectivity index (χ2v) is 7.52. The summed E-state index contributed by atoms with van der Waals surface area (Å²) in [5.41, 5.74) is 4.09. The molecule has 2 aromatic heterocycles. The van der Waals surface area contributed by atoms with Crippen LogP contribution < -0.4 is 10.1 Å². The third kappa shape index (κ3) is 4.05. The molecule has 0 radical (unpaired) electrons. The lowest BCUT2D eigenvalue weighted by Crippen LogP contribution is -2.32. The van der Waals surface area contributed by atoms with Crippen molar-refractivity contribution >= 4 is 5.91 Å². The molecule has 5 rings (SSSR count). The fourth-order valence-corrected chi connectivity index (χ4v) is 3.88. The summed E-state index contributed by atoms with van der Waals surface area (Å²) < 4.78 is 7.54. The maximum atomic E-state index is 13.4. The van der Waals surface area contributed by atoms with Gasteiger partial charge in [-0.3, -0.25) is 14.5 Å². The zero-order chi connectivity index (χ0) is 21.0. The maximum Gasteiger partial charge on any atom is 0.255 e. The molecular weight excluding hydrogens is 388 g/mol. The number of rotatable bonds is 5. The van der Waals surface area contributed by atoms with E-state index in [4.69, 9.17) is 9.84 Å². The number of carbonyl (C=O) groups is 1. The van der Waals surface area contributed by atoms with Crippen molar-refractivity contribution in [2.24, 2.45) is 0 Å². The number of nitrogens with one attached hydrogen (secondary N) is 1. The largest absolute Gasteiger partial charge is 0.493 e. The van der Waals surface area contributed by atoms with Gasteiger partial charge < -0.3 is 10.1 Å². The number of carbonyl (C=O) groups excluding carboxylic acids is 1. The van der Waals surface area contributed by atoms with Crippen molar-refractivity contribution in [3.05, 3.63) is 102 Å². The first-order valence-electron chi connectivity index (χ1n) is 10.3. The van der Waals surface area contributed by atoms with Crippen LogP contribution in [0.5, 0.6) is 5.75 Å². The van der Waals surface area contributed by atoms with Gasteiger partial charge in [0.25, 0.3) is 5.91 Å². The fourth-order valence-electron chi connectivity index (χ4n) is 3.88. The Hall–Kier alpha value is -3.93. The van der Waals surface area contributed by atoms with E-state index in [1.807, 2.05) is 77.6 Å². The van der Waals surface area contributed by atoms with E-state index in [0.717, 1.165) is 28.9 Å². The van der Waals surface area contributed by atoms with Crippen LogP contribution in [0.3, 0.4) is 0 Å². The zero-order valence-corrected chi connectivity index (χ0v) is 16.9. The number of amides is 1. The molecule has 6 heteroatoms. The highest BCUT2D eigenvalue weighted by Gasteiger charge is 2.25. The average molecular weight is 410 g/mol. The minimum Gasteiger partial charge on any atom is -0.493 e. The van der Waals surface area contributed by atoms with Crippen molar-refractivity contribution in [2.75, 3.05) is 6.61 Å². The molecule has 0 spiro atoms. The first kappa shape index (κ1) is 19.1. The summed E-state index contributed by atoms with van der Waals surface area (Å²) in [4.78, 5) is 17.6. The number of nitrogens with zero attached hydrogens (tertiary/aromatic N) is 3. The monoisotopic (exact) mass is 410 g/mol. The summed E-state index contributed by atoms with van der Waals surface area (Å²) in [7, 11) is 0. The number of hydrogen-bond donors (Lipinski definition) is 1. The van der Waals surface area contributed by atoms with Crippen molar-refractivity contribution in [3.8, 4) is 17.0 Å². The van der Waals surface area contributed by atoms with Crippen molar-refractivity contribution in [3.63, 3.8) is 0 Å². The summed E-state index contributed by atoms with van der Waals surface area (Å²) in [5, 5.41) is 7.91. The molecule has 0 bridgehead atoms. The van der Waals surface area contributed by atoms with E-state index in [0.29, 0.717) is 24.4 Å². The predicted molar refractivity (Wildman–Crippen MR) is 118 cm³/mol. The lowest BCUT2D eigenvalue weighted by atomic mass is 10.00. The Morgan fingerprint density at radius 2 is 1.90 bits per heavy atom. The number of hydrogen-bond acceptors (Lipinski definition) is 4. The molecule has 0 aliphatic carbocycles. The molecule has 1 atom stereocenters. The van der Waals surface area contributed by atoms with Crippen molar-refractivity contribution in [2.45, 2.75) is 19.0 Å². The van der Waals surface area contributed by atoms with Crippen molar-refractivity contribution in [1.29, 1.82) is 0 Å². The average Bonchev–Trinajstić information content (AvgIpc) is 3.24. The first-order chi connectivity index (χ1) is 15.3. The van der Waals surface area contributed by atoms with Crippen LogP contribution in [0.2, 0.25) is 0 Å². The van der Waals surface area contributed by atoms with Crippen LogP contribution in [-0.2, 0) is 6.54 Å². The Balaban J connectivity index is 1.47. The highest BCUT2D eigenvalue weighted by atomic mass is 16.5. The molecule has 1 aliphatic rings. The second kappa shape index (κ2) is 8.44. The summed E-state index contributed by atoms with van der Waals surface area (Å²) in [6.07, 6.45) is 5.98. The minimum atomic E-state index is -0.153. The molecular formula is C25H22N4O2. The van der Waals surface area contributed by atoms with Crippen LogP contribution in [0.1, 0.15) is 33.9 Å². The molecule has 6 nitrogen and oxygen atoms in total. The number of para-hydroxylation sites is 1. The van der Waals surface area contributed by atoms with Crippen LogP contribution >= 0.6 is 0 Å². The van der Waals surface area contributed by atoms with Crippen LogP contribution in [0.15, 0.2) is 85.3 Å². The number of aromatic nitrogens is 3. The van der Waals surface area contributed by atoms with E-state index < -0.39 is 0 Å². The van der Waals surface area contributed by atoms with Crippen molar-refractivity contribution in [1.82, 2.24) is 20.1 Å². The Labute approximate surface area is 180 Å². The molecule has 31 heavy (non-hydrogen) atoms. The standard InChI is InChI=1S/C25H22N4O2/c30-25(27-22-12-14-31-23-11-5-4-10-20(22)23)21-17-29(16-18-7-2-1-3-8-18)28-24(21)19-9-6-13-26-15-19/h1-11,13,15,17,22H,12,14,16H2,(H,27,30)/t22-/m0/s1. The Kier molecular flexibility index (Phi) is 5.19. The summed E-state index contributed by atoms with van der Waals surface area (Å²) in [6.45, 7) is 1.16. The van der Waals surface area contributed by atoms with E-state index in [1.165, 1.54) is 0 Å². The molecule has 4 aromatic rings. The molecule has 3 heterocycles. The van der Waals surface area contributed by atoms with E-state index >= 15 is 0 Å². The first-order valence-corrected chi connectivity index (χ1v) is 10.3. The van der Waals surface area contributed by atoms with E-state index in [1.54, 1.807) is 12.4 Å². The van der Waals surface area contributed by atoms with Gasteiger partial charge in [0.1, 0.15) is 11.4 Å². The van der Waals surface area contributed by atoms with Crippen LogP contribution in [0, 0.1) is 0 Å². The number of ether oxygens (including phenoxy) is 1. The quantitative estimate of drug-likeness (QED) is 0.534. The highest BCUT2D eigenvalue weighted by molar-refractivity contribution is 6.00. The third-order valence-corrected chi connectivity index (χ3v) is 5.39. The summed E-state index contributed by atoms with van der Waals surface area (Å²) in [6, 6.07) is 21.6. The molecule has 0 saturated carbocycles. The van der Waals surface area contributed by atoms with Gasteiger partial charge in [0, 0.05) is 36.1 Å². The summed E-state index contributed by atoms with van der Waals surface area (Å²) in [5.74, 6) is 0.672. The van der Waals surface area contributed by atoms with Gasteiger partial charge in [-0.05, 0) is 23.8 Å². The molecule has 1 amide bonds. The van der Waals surface area contributed by atoms with E-state index in [-0.39, 0.29) is 11.9 Å². The SMILES string of the molecule is O=C(N[C@H]1CCOc2ccccc21)c1cn(Cc2ccccc2)nc1-c1cccnc1. The number of benzene rings is 2. The second-order valence-electron chi connectivity index (χ2n) is 7.52. The molecule has 0 saturated heterocycles. The zero-order valence-electron chi connectivity index (χ0n) is 16.9. The molecule has 1 N–H and O–H groups in total. The van der Waals surface area contributed by atoms with Gasteiger partial charge in [0.15, 0.2) is 0 Å². The van der Waals surface area contributed by atoms with E-state index in [2.05, 4.69) is 10.3 Å². The normalized spacial score (nSPS) is 15.0. The Morgan fingerprint density at radius 3 is 2.74 bits per heavy atom. The fraction of sp³-hybridized carbons (Fsp3) is 0.160. The topological polar surface area (TPSA) is 69.0 Å². The summed E-state index contributed by atoms with van der Waals surface area (Å²) >= 11 is 0. The van der Waals surface area contributed by atoms with Crippen LogP contribution in [0.25, 0.3) is 11.3 Å². The minimum absolute atomic E-state index is 0.100. The molecule has 0 unspecified atom stereocenters. The smallest absolute Gasteiger partial charge is 0.255 e. The van der Waals surface area contributed by atoms with Crippen molar-refractivity contribution < 1.29 is 9.53 Å². The Morgan fingerprint density at radius 1 is 1.06 bits per heavy atom. The number of fused-ring (bicyclic) bond motifs is 1. The predicted octanol–water partition coefficient (Wildman–Crippen LogP) is 4.25. The van der Waals surface area contributed by atoms with Gasteiger partial charge in [0.05, 0.1) is 24.8 Å². The van der Waals surface area contributed by atoms with Gasteiger partial charge in [-0.1, -0.05) is 48.5 Å². The van der Waals surface area contributed by atoms with Gasteiger partial charge in [-0.25, -0.2) is 0 Å². The van der Waals surface area contributed by atoms with Crippen LogP contribution in [0.4, 0.5) is 0 Å². The third-order valence-electron chi connectivity index (χ3n) is 5.39. The van der Waals surface area contributed by atoms with Gasteiger partial charge in [-0.15, -0.1) is 0 Å². The van der Waals surface area contributed by atoms with Gasteiger partial charge in [-0.2, -0.15) is 5.10 Å². The molecule has 1 aliphatic heterocycles. The molecule has 154 valence electrons. The highest BCUT2D eigenvalue weighted by Crippen LogP contribution is 2.32. The van der Waals surface area contributed by atoms with Gasteiger partial charge >= 0.3 is 0 Å². The maximum absolute atomic E-state index is 13.4. The lowest BCUT2D eigenvalue weighted by Gasteiger charge is -2.26. The van der Waals surface area contributed by atoms with E-state index in [9.17, 15) is 4.79 Å². The molecule has 0 fully saturated rings. The Bertz CT molecular complexity index is 1190. The lowest BCUT2D eigenvalue weighted by molar-refractivity contribution is 0.0925.